The topological polar surface area (TPSA) is 17.1 Å². The van der Waals surface area contributed by atoms with Crippen LogP contribution in [-0.2, 0) is 0 Å². The fourth-order valence-electron chi connectivity index (χ4n) is 1.08. The first kappa shape index (κ1) is 7.95. The second-order valence-electron chi connectivity index (χ2n) is 2.54. The van der Waals surface area contributed by atoms with E-state index in [1.165, 1.54) is 9.40 Å². The molecule has 0 aromatic carbocycles. The van der Waals surface area contributed by atoms with Gasteiger partial charge in [0.05, 0.1) is 4.88 Å². The highest BCUT2D eigenvalue weighted by atomic mass is 32.1. The molecular weight excluding hydrogens is 188 g/mol. The van der Waals surface area contributed by atoms with Gasteiger partial charge in [-0.25, -0.2) is 0 Å². The van der Waals surface area contributed by atoms with Gasteiger partial charge in [-0.2, -0.15) is 0 Å². The summed E-state index contributed by atoms with van der Waals surface area (Å²) in [5.41, 5.74) is 0. The minimum absolute atomic E-state index is 0.253. The molecule has 0 fully saturated rings. The summed E-state index contributed by atoms with van der Waals surface area (Å²) >= 11 is 3.29. The van der Waals surface area contributed by atoms with Crippen LogP contribution in [0.25, 0.3) is 9.40 Å². The molecule has 0 saturated heterocycles. The van der Waals surface area contributed by atoms with Crippen molar-refractivity contribution >= 4 is 37.9 Å². The SMILES string of the molecule is CCC(=O)c1cc2sccc2s1. The summed E-state index contributed by atoms with van der Waals surface area (Å²) in [6.45, 7) is 1.90. The van der Waals surface area contributed by atoms with Crippen LogP contribution >= 0.6 is 22.7 Å². The van der Waals surface area contributed by atoms with Gasteiger partial charge in [0.1, 0.15) is 0 Å². The Labute approximate surface area is 78.7 Å². The van der Waals surface area contributed by atoms with Crippen molar-refractivity contribution in [2.45, 2.75) is 13.3 Å². The Morgan fingerprint density at radius 2 is 2.33 bits per heavy atom. The van der Waals surface area contributed by atoms with Crippen LogP contribution in [-0.4, -0.2) is 5.78 Å². The van der Waals surface area contributed by atoms with Gasteiger partial charge in [0.2, 0.25) is 0 Å². The molecule has 2 aromatic rings. The molecule has 0 aliphatic carbocycles. The van der Waals surface area contributed by atoms with E-state index in [4.69, 9.17) is 0 Å². The van der Waals surface area contributed by atoms with E-state index >= 15 is 0 Å². The molecule has 12 heavy (non-hydrogen) atoms. The van der Waals surface area contributed by atoms with Gasteiger partial charge >= 0.3 is 0 Å². The molecule has 0 unspecified atom stereocenters. The smallest absolute Gasteiger partial charge is 0.172 e. The summed E-state index contributed by atoms with van der Waals surface area (Å²) in [5.74, 6) is 0.253. The lowest BCUT2D eigenvalue weighted by Gasteiger charge is -1.87. The van der Waals surface area contributed by atoms with E-state index < -0.39 is 0 Å². The Morgan fingerprint density at radius 1 is 1.50 bits per heavy atom. The van der Waals surface area contributed by atoms with Crippen molar-refractivity contribution in [3.8, 4) is 0 Å². The lowest BCUT2D eigenvalue weighted by atomic mass is 10.3. The number of rotatable bonds is 2. The van der Waals surface area contributed by atoms with Gasteiger partial charge in [0.25, 0.3) is 0 Å². The van der Waals surface area contributed by atoms with Crippen molar-refractivity contribution in [1.29, 1.82) is 0 Å². The number of carbonyl (C=O) groups excluding carboxylic acids is 1. The molecule has 2 aromatic heterocycles. The van der Waals surface area contributed by atoms with Gasteiger partial charge in [0, 0.05) is 15.8 Å². The number of carbonyl (C=O) groups is 1. The molecule has 0 amide bonds. The second kappa shape index (κ2) is 2.99. The van der Waals surface area contributed by atoms with Gasteiger partial charge in [-0.15, -0.1) is 22.7 Å². The Bertz CT molecular complexity index is 382. The van der Waals surface area contributed by atoms with Crippen LogP contribution in [0.4, 0.5) is 0 Å². The van der Waals surface area contributed by atoms with Crippen molar-refractivity contribution in [3.63, 3.8) is 0 Å². The minimum Gasteiger partial charge on any atom is -0.293 e. The summed E-state index contributed by atoms with van der Waals surface area (Å²) in [6, 6.07) is 4.06. The van der Waals surface area contributed by atoms with Crippen LogP contribution in [0.1, 0.15) is 23.0 Å². The highest BCUT2D eigenvalue weighted by molar-refractivity contribution is 7.27. The number of hydrogen-bond acceptors (Lipinski definition) is 3. The highest BCUT2D eigenvalue weighted by Crippen LogP contribution is 2.30. The summed E-state index contributed by atoms with van der Waals surface area (Å²) in [4.78, 5) is 12.2. The Balaban J connectivity index is 2.51. The molecule has 0 radical (unpaired) electrons. The lowest BCUT2D eigenvalue weighted by Crippen LogP contribution is -1.90. The molecule has 1 nitrogen and oxygen atoms in total. The molecule has 0 atom stereocenters. The van der Waals surface area contributed by atoms with Crippen molar-refractivity contribution in [2.24, 2.45) is 0 Å². The van der Waals surface area contributed by atoms with E-state index in [-0.39, 0.29) is 5.78 Å². The molecule has 0 saturated carbocycles. The van der Waals surface area contributed by atoms with Crippen LogP contribution in [0.5, 0.6) is 0 Å². The average molecular weight is 196 g/mol. The van der Waals surface area contributed by atoms with E-state index in [1.54, 1.807) is 22.7 Å². The Kier molecular flexibility index (Phi) is 1.98. The normalized spacial score (nSPS) is 10.8. The maximum atomic E-state index is 11.3. The average Bonchev–Trinajstić information content (AvgIpc) is 2.60. The quantitative estimate of drug-likeness (QED) is 0.671. The Hall–Kier alpha value is -0.670. The molecule has 3 heteroatoms. The highest BCUT2D eigenvalue weighted by Gasteiger charge is 2.07. The minimum atomic E-state index is 0.253. The maximum absolute atomic E-state index is 11.3. The van der Waals surface area contributed by atoms with E-state index in [9.17, 15) is 4.79 Å². The molecule has 2 heterocycles. The molecule has 0 aliphatic heterocycles. The molecule has 62 valence electrons. The van der Waals surface area contributed by atoms with E-state index in [2.05, 4.69) is 11.4 Å². The largest absolute Gasteiger partial charge is 0.293 e. The van der Waals surface area contributed by atoms with Crippen molar-refractivity contribution in [3.05, 3.63) is 22.4 Å². The standard InChI is InChI=1S/C9H8OS2/c1-2-6(10)8-5-9-7(12-8)3-4-11-9/h3-5H,2H2,1H3. The molecule has 0 bridgehead atoms. The molecule has 0 spiro atoms. The van der Waals surface area contributed by atoms with Crippen LogP contribution < -0.4 is 0 Å². The zero-order valence-corrected chi connectivity index (χ0v) is 8.30. The zero-order chi connectivity index (χ0) is 8.55. The first-order valence-electron chi connectivity index (χ1n) is 3.81. The van der Waals surface area contributed by atoms with Crippen molar-refractivity contribution in [2.75, 3.05) is 0 Å². The first-order chi connectivity index (χ1) is 5.81. The van der Waals surface area contributed by atoms with Gasteiger partial charge < -0.3 is 0 Å². The summed E-state index contributed by atoms with van der Waals surface area (Å²) in [7, 11) is 0. The number of ketones is 1. The number of thiophene rings is 2. The second-order valence-corrected chi connectivity index (χ2v) is 4.57. The predicted molar refractivity (Wildman–Crippen MR) is 54.3 cm³/mol. The van der Waals surface area contributed by atoms with E-state index in [0.717, 1.165) is 4.88 Å². The Morgan fingerprint density at radius 3 is 3.00 bits per heavy atom. The van der Waals surface area contributed by atoms with Crippen LogP contribution in [0.15, 0.2) is 17.5 Å². The molecule has 0 N–H and O–H groups in total. The fourth-order valence-corrected chi connectivity index (χ4v) is 3.20. The van der Waals surface area contributed by atoms with E-state index in [0.29, 0.717) is 6.42 Å². The first-order valence-corrected chi connectivity index (χ1v) is 5.51. The lowest BCUT2D eigenvalue weighted by molar-refractivity contribution is 0.0992. The van der Waals surface area contributed by atoms with Crippen molar-refractivity contribution in [1.82, 2.24) is 0 Å². The third-order valence-electron chi connectivity index (χ3n) is 1.74. The van der Waals surface area contributed by atoms with Crippen LogP contribution in [0.2, 0.25) is 0 Å². The number of fused-ring (bicyclic) bond motifs is 1. The van der Waals surface area contributed by atoms with Gasteiger partial charge in [-0.1, -0.05) is 6.92 Å². The zero-order valence-electron chi connectivity index (χ0n) is 6.66. The number of hydrogen-bond donors (Lipinski definition) is 0. The van der Waals surface area contributed by atoms with Crippen molar-refractivity contribution < 1.29 is 4.79 Å². The summed E-state index contributed by atoms with van der Waals surface area (Å²) in [6.07, 6.45) is 0.605. The molecule has 2 rings (SSSR count). The van der Waals surface area contributed by atoms with E-state index in [1.807, 2.05) is 13.0 Å². The third-order valence-corrected chi connectivity index (χ3v) is 3.87. The monoisotopic (exact) mass is 196 g/mol. The summed E-state index contributed by atoms with van der Waals surface area (Å²) in [5, 5.41) is 2.06. The molecular formula is C9H8OS2. The van der Waals surface area contributed by atoms with Crippen LogP contribution in [0, 0.1) is 0 Å². The van der Waals surface area contributed by atoms with Gasteiger partial charge in [-0.3, -0.25) is 4.79 Å². The predicted octanol–water partition coefficient (Wildman–Crippen LogP) is 3.56. The fraction of sp³-hybridized carbons (Fsp3) is 0.222. The summed E-state index contributed by atoms with van der Waals surface area (Å²) < 4.78 is 2.47. The van der Waals surface area contributed by atoms with Crippen LogP contribution in [0.3, 0.4) is 0 Å². The maximum Gasteiger partial charge on any atom is 0.172 e. The third kappa shape index (κ3) is 1.19. The van der Waals surface area contributed by atoms with Gasteiger partial charge in [0.15, 0.2) is 5.78 Å². The number of Topliss-reactive ketones (excluding diaryl/α,β-unsaturated/α-hetero) is 1. The van der Waals surface area contributed by atoms with Gasteiger partial charge in [-0.05, 0) is 17.5 Å². The molecule has 0 aliphatic rings.